The summed E-state index contributed by atoms with van der Waals surface area (Å²) in [6.07, 6.45) is 1.14. The van der Waals surface area contributed by atoms with Gasteiger partial charge in [-0.25, -0.2) is 14.4 Å². The summed E-state index contributed by atoms with van der Waals surface area (Å²) < 4.78 is 13.6. The van der Waals surface area contributed by atoms with Gasteiger partial charge in [-0.3, -0.25) is 4.79 Å². The first-order valence-corrected chi connectivity index (χ1v) is 4.15. The molecule has 1 aromatic heterocycles. The first-order chi connectivity index (χ1) is 6.34. The topological polar surface area (TPSA) is 68.9 Å². The maximum atomic E-state index is 13.6. The van der Waals surface area contributed by atoms with Gasteiger partial charge in [0.2, 0.25) is 0 Å². The summed E-state index contributed by atoms with van der Waals surface area (Å²) in [4.78, 5) is 18.1. The Labute approximate surface area is 81.4 Å². The summed E-state index contributed by atoms with van der Waals surface area (Å²) in [5, 5.41) is 0. The molecule has 0 fully saturated rings. The fourth-order valence-corrected chi connectivity index (χ4v) is 1.06. The number of nitrogens with zero attached hydrogens (tertiary/aromatic N) is 2. The van der Waals surface area contributed by atoms with Crippen LogP contribution in [0.4, 0.5) is 4.39 Å². The minimum atomic E-state index is -0.879. The summed E-state index contributed by atoms with van der Waals surface area (Å²) in [6, 6.07) is 0. The fraction of sp³-hybridized carbons (Fsp3) is 0.444. The Morgan fingerprint density at radius 2 is 2.00 bits per heavy atom. The molecule has 14 heavy (non-hydrogen) atoms. The first kappa shape index (κ1) is 10.6. The zero-order chi connectivity index (χ0) is 10.9. The number of primary amides is 1. The van der Waals surface area contributed by atoms with Gasteiger partial charge in [0, 0.05) is 5.41 Å². The lowest BCUT2D eigenvalue weighted by molar-refractivity contribution is 0.0990. The summed E-state index contributed by atoms with van der Waals surface area (Å²) in [6.45, 7) is 5.38. The molecule has 76 valence electrons. The molecule has 0 atom stereocenters. The minimum Gasteiger partial charge on any atom is -0.364 e. The van der Waals surface area contributed by atoms with Crippen LogP contribution in [0.25, 0.3) is 0 Å². The Morgan fingerprint density at radius 1 is 1.43 bits per heavy atom. The Balaban J connectivity index is 3.35. The summed E-state index contributed by atoms with van der Waals surface area (Å²) >= 11 is 0. The molecule has 0 aliphatic carbocycles. The van der Waals surface area contributed by atoms with Crippen molar-refractivity contribution in [2.45, 2.75) is 26.2 Å². The van der Waals surface area contributed by atoms with Gasteiger partial charge in [0.15, 0.2) is 11.5 Å². The predicted octanol–water partition coefficient (Wildman–Crippen LogP) is 1.01. The third-order valence-corrected chi connectivity index (χ3v) is 1.73. The van der Waals surface area contributed by atoms with Crippen LogP contribution in [0.1, 0.15) is 37.0 Å². The Kier molecular flexibility index (Phi) is 2.51. The largest absolute Gasteiger partial charge is 0.364 e. The summed E-state index contributed by atoms with van der Waals surface area (Å²) in [5.41, 5.74) is 4.32. The van der Waals surface area contributed by atoms with Gasteiger partial charge >= 0.3 is 0 Å². The number of aromatic nitrogens is 2. The van der Waals surface area contributed by atoms with Crippen LogP contribution >= 0.6 is 0 Å². The van der Waals surface area contributed by atoms with E-state index in [4.69, 9.17) is 5.73 Å². The molecule has 0 spiro atoms. The van der Waals surface area contributed by atoms with E-state index in [0.717, 1.165) is 6.33 Å². The molecule has 0 saturated heterocycles. The highest BCUT2D eigenvalue weighted by Gasteiger charge is 2.24. The van der Waals surface area contributed by atoms with E-state index in [1.54, 1.807) is 20.8 Å². The highest BCUT2D eigenvalue weighted by Crippen LogP contribution is 2.23. The first-order valence-electron chi connectivity index (χ1n) is 4.15. The predicted molar refractivity (Wildman–Crippen MR) is 49.2 cm³/mol. The van der Waals surface area contributed by atoms with Crippen molar-refractivity contribution in [2.24, 2.45) is 5.73 Å². The standard InChI is InChI=1S/C9H12FN3O/c1-9(2,3)7-5(10)6(8(11)14)12-4-13-7/h4H,1-3H3,(H2,11,14). The van der Waals surface area contributed by atoms with Crippen molar-refractivity contribution in [3.63, 3.8) is 0 Å². The van der Waals surface area contributed by atoms with E-state index in [-0.39, 0.29) is 11.4 Å². The quantitative estimate of drug-likeness (QED) is 0.730. The molecule has 0 bridgehead atoms. The van der Waals surface area contributed by atoms with E-state index < -0.39 is 17.1 Å². The van der Waals surface area contributed by atoms with Crippen molar-refractivity contribution >= 4 is 5.91 Å². The lowest BCUT2D eigenvalue weighted by Gasteiger charge is -2.18. The second-order valence-electron chi connectivity index (χ2n) is 4.00. The zero-order valence-corrected chi connectivity index (χ0v) is 8.34. The molecule has 0 unspecified atom stereocenters. The molecular formula is C9H12FN3O. The van der Waals surface area contributed by atoms with E-state index in [0.29, 0.717) is 0 Å². The maximum absolute atomic E-state index is 13.6. The van der Waals surface area contributed by atoms with Gasteiger partial charge in [0.1, 0.15) is 6.33 Å². The number of carbonyl (C=O) groups is 1. The van der Waals surface area contributed by atoms with E-state index in [2.05, 4.69) is 9.97 Å². The number of hydrogen-bond acceptors (Lipinski definition) is 3. The van der Waals surface area contributed by atoms with Crippen molar-refractivity contribution in [3.05, 3.63) is 23.5 Å². The van der Waals surface area contributed by atoms with Crippen LogP contribution in [0.15, 0.2) is 6.33 Å². The Morgan fingerprint density at radius 3 is 2.43 bits per heavy atom. The van der Waals surface area contributed by atoms with E-state index >= 15 is 0 Å². The molecule has 0 saturated carbocycles. The average molecular weight is 197 g/mol. The lowest BCUT2D eigenvalue weighted by Crippen LogP contribution is -2.22. The van der Waals surface area contributed by atoms with Crippen molar-refractivity contribution in [3.8, 4) is 0 Å². The van der Waals surface area contributed by atoms with Crippen LogP contribution < -0.4 is 5.73 Å². The number of carbonyl (C=O) groups excluding carboxylic acids is 1. The van der Waals surface area contributed by atoms with E-state index in [1.165, 1.54) is 0 Å². The van der Waals surface area contributed by atoms with Gasteiger partial charge in [-0.15, -0.1) is 0 Å². The van der Waals surface area contributed by atoms with Crippen molar-refractivity contribution < 1.29 is 9.18 Å². The highest BCUT2D eigenvalue weighted by molar-refractivity contribution is 5.91. The van der Waals surface area contributed by atoms with E-state index in [1.807, 2.05) is 0 Å². The molecule has 0 radical (unpaired) electrons. The van der Waals surface area contributed by atoms with Gasteiger partial charge in [-0.1, -0.05) is 20.8 Å². The van der Waals surface area contributed by atoms with Crippen LogP contribution in [0, 0.1) is 5.82 Å². The molecule has 1 aromatic rings. The molecule has 5 heteroatoms. The smallest absolute Gasteiger partial charge is 0.270 e. The van der Waals surface area contributed by atoms with Gasteiger partial charge < -0.3 is 5.73 Å². The highest BCUT2D eigenvalue weighted by atomic mass is 19.1. The molecule has 1 amide bonds. The lowest BCUT2D eigenvalue weighted by atomic mass is 9.91. The van der Waals surface area contributed by atoms with Gasteiger partial charge in [-0.05, 0) is 0 Å². The van der Waals surface area contributed by atoms with Crippen LogP contribution in [0.3, 0.4) is 0 Å². The van der Waals surface area contributed by atoms with Crippen LogP contribution in [0.5, 0.6) is 0 Å². The number of nitrogens with two attached hydrogens (primary N) is 1. The normalized spacial score (nSPS) is 11.4. The van der Waals surface area contributed by atoms with Crippen molar-refractivity contribution in [2.75, 3.05) is 0 Å². The molecule has 4 nitrogen and oxygen atoms in total. The molecular weight excluding hydrogens is 185 g/mol. The SMILES string of the molecule is CC(C)(C)c1ncnc(C(N)=O)c1F. The molecule has 0 aromatic carbocycles. The number of halogens is 1. The van der Waals surface area contributed by atoms with Crippen LogP contribution in [-0.2, 0) is 5.41 Å². The van der Waals surface area contributed by atoms with Crippen molar-refractivity contribution in [1.29, 1.82) is 0 Å². The van der Waals surface area contributed by atoms with Gasteiger partial charge in [0.05, 0.1) is 5.69 Å². The third-order valence-electron chi connectivity index (χ3n) is 1.73. The summed E-state index contributed by atoms with van der Waals surface area (Å²) in [7, 11) is 0. The fourth-order valence-electron chi connectivity index (χ4n) is 1.06. The van der Waals surface area contributed by atoms with Gasteiger partial charge in [0.25, 0.3) is 5.91 Å². The monoisotopic (exact) mass is 197 g/mol. The average Bonchev–Trinajstić information content (AvgIpc) is 2.01. The summed E-state index contributed by atoms with van der Waals surface area (Å²) in [5.74, 6) is -1.61. The van der Waals surface area contributed by atoms with E-state index in [9.17, 15) is 9.18 Å². The Hall–Kier alpha value is -1.52. The van der Waals surface area contributed by atoms with Crippen molar-refractivity contribution in [1.82, 2.24) is 9.97 Å². The van der Waals surface area contributed by atoms with Gasteiger partial charge in [-0.2, -0.15) is 0 Å². The molecule has 0 aliphatic rings. The minimum absolute atomic E-state index is 0.196. The molecule has 2 N–H and O–H groups in total. The maximum Gasteiger partial charge on any atom is 0.270 e. The Bertz CT molecular complexity index is 371. The second-order valence-corrected chi connectivity index (χ2v) is 4.00. The van der Waals surface area contributed by atoms with Crippen LogP contribution in [-0.4, -0.2) is 15.9 Å². The molecule has 1 heterocycles. The molecule has 1 rings (SSSR count). The number of rotatable bonds is 1. The third kappa shape index (κ3) is 1.86. The molecule has 0 aliphatic heterocycles. The number of amides is 1. The van der Waals surface area contributed by atoms with Crippen LogP contribution in [0.2, 0.25) is 0 Å². The second kappa shape index (κ2) is 3.32. The zero-order valence-electron chi connectivity index (χ0n) is 8.34. The number of hydrogen-bond donors (Lipinski definition) is 1.